The molecule has 3 rings (SSSR count). The molecule has 0 aromatic heterocycles. The van der Waals surface area contributed by atoms with Crippen LogP contribution in [0.1, 0.15) is 12.8 Å². The minimum Gasteiger partial charge on any atom is -0.301 e. The summed E-state index contributed by atoms with van der Waals surface area (Å²) in [4.78, 5) is 2.39. The first-order valence-corrected chi connectivity index (χ1v) is 4.63. The number of fused-ring (bicyclic) bond motifs is 3. The van der Waals surface area contributed by atoms with Crippen molar-refractivity contribution in [3.8, 4) is 6.07 Å². The van der Waals surface area contributed by atoms with Gasteiger partial charge in [0.2, 0.25) is 0 Å². The lowest BCUT2D eigenvalue weighted by atomic mass is 9.74. The van der Waals surface area contributed by atoms with Crippen molar-refractivity contribution in [2.75, 3.05) is 26.7 Å². The Morgan fingerprint density at radius 1 is 1.50 bits per heavy atom. The lowest BCUT2D eigenvalue weighted by Crippen LogP contribution is -2.64. The first-order valence-electron chi connectivity index (χ1n) is 4.63. The fourth-order valence-corrected chi connectivity index (χ4v) is 2.53. The van der Waals surface area contributed by atoms with Gasteiger partial charge < -0.3 is 10.2 Å². The molecule has 0 spiro atoms. The van der Waals surface area contributed by atoms with E-state index >= 15 is 0 Å². The van der Waals surface area contributed by atoms with Gasteiger partial charge in [0.25, 0.3) is 0 Å². The first-order chi connectivity index (χ1) is 5.80. The minimum atomic E-state index is -0.240. The molecular weight excluding hydrogens is 150 g/mol. The Bertz CT molecular complexity index is 212. The van der Waals surface area contributed by atoms with Gasteiger partial charge >= 0.3 is 0 Å². The summed E-state index contributed by atoms with van der Waals surface area (Å²) in [5, 5.41) is 12.3. The van der Waals surface area contributed by atoms with Crippen molar-refractivity contribution in [3.63, 3.8) is 0 Å². The van der Waals surface area contributed by atoms with Crippen LogP contribution in [0.2, 0.25) is 0 Å². The molecule has 12 heavy (non-hydrogen) atoms. The molecule has 3 fully saturated rings. The molecule has 0 radical (unpaired) electrons. The van der Waals surface area contributed by atoms with E-state index in [2.05, 4.69) is 16.3 Å². The van der Waals surface area contributed by atoms with E-state index in [1.54, 1.807) is 0 Å². The maximum absolute atomic E-state index is 9.12. The van der Waals surface area contributed by atoms with Gasteiger partial charge in [0.1, 0.15) is 5.54 Å². The van der Waals surface area contributed by atoms with Crippen LogP contribution in [0.25, 0.3) is 0 Å². The topological polar surface area (TPSA) is 39.1 Å². The molecule has 3 aliphatic heterocycles. The third kappa shape index (κ3) is 0.954. The van der Waals surface area contributed by atoms with Gasteiger partial charge in [0.05, 0.1) is 6.07 Å². The number of likely N-dealkylation sites (N-methyl/N-ethyl adjacent to an activating group) is 1. The predicted octanol–water partition coefficient (Wildman–Crippen LogP) is 0.194. The van der Waals surface area contributed by atoms with Crippen LogP contribution in [0.4, 0.5) is 0 Å². The third-order valence-electron chi connectivity index (χ3n) is 3.40. The number of nitrogens with one attached hydrogen (secondary N) is 1. The van der Waals surface area contributed by atoms with Gasteiger partial charge in [-0.3, -0.25) is 0 Å². The summed E-state index contributed by atoms with van der Waals surface area (Å²) in [7, 11) is 1.91. The zero-order valence-corrected chi connectivity index (χ0v) is 7.51. The largest absolute Gasteiger partial charge is 0.301 e. The van der Waals surface area contributed by atoms with Crippen LogP contribution < -0.4 is 5.32 Å². The van der Waals surface area contributed by atoms with Crippen LogP contribution in [-0.2, 0) is 0 Å². The number of hydrogen-bond acceptors (Lipinski definition) is 3. The summed E-state index contributed by atoms with van der Waals surface area (Å²) in [6.07, 6.45) is 2.38. The quantitative estimate of drug-likeness (QED) is 0.603. The van der Waals surface area contributed by atoms with Gasteiger partial charge in [-0.1, -0.05) is 0 Å². The summed E-state index contributed by atoms with van der Waals surface area (Å²) in [5.41, 5.74) is -0.240. The van der Waals surface area contributed by atoms with Crippen molar-refractivity contribution in [3.05, 3.63) is 0 Å². The molecule has 1 atom stereocenters. The Hall–Kier alpha value is -0.590. The lowest BCUT2D eigenvalue weighted by molar-refractivity contribution is 0.0411. The van der Waals surface area contributed by atoms with Crippen molar-refractivity contribution < 1.29 is 0 Å². The number of rotatable bonds is 1. The van der Waals surface area contributed by atoms with E-state index in [0.717, 1.165) is 6.54 Å². The third-order valence-corrected chi connectivity index (χ3v) is 3.40. The SMILES string of the molecule is CNC1(C#N)CN2CCC1CC2. The highest BCUT2D eigenvalue weighted by Crippen LogP contribution is 2.34. The fraction of sp³-hybridized carbons (Fsp3) is 0.889. The van der Waals surface area contributed by atoms with Gasteiger partial charge in [-0.05, 0) is 38.9 Å². The Morgan fingerprint density at radius 3 is 2.42 bits per heavy atom. The zero-order valence-electron chi connectivity index (χ0n) is 7.51. The molecule has 3 saturated heterocycles. The monoisotopic (exact) mass is 165 g/mol. The van der Waals surface area contributed by atoms with E-state index < -0.39 is 0 Å². The van der Waals surface area contributed by atoms with Crippen molar-refractivity contribution in [2.24, 2.45) is 5.92 Å². The van der Waals surface area contributed by atoms with E-state index in [0.29, 0.717) is 5.92 Å². The molecule has 1 N–H and O–H groups in total. The summed E-state index contributed by atoms with van der Waals surface area (Å²) in [6.45, 7) is 3.30. The molecule has 0 saturated carbocycles. The fourth-order valence-electron chi connectivity index (χ4n) is 2.53. The number of nitriles is 1. The molecule has 0 aliphatic carbocycles. The van der Waals surface area contributed by atoms with Crippen molar-refractivity contribution in [1.29, 1.82) is 5.26 Å². The molecule has 0 aromatic rings. The predicted molar refractivity (Wildman–Crippen MR) is 46.6 cm³/mol. The molecule has 3 heteroatoms. The van der Waals surface area contributed by atoms with E-state index in [1.807, 2.05) is 7.05 Å². The maximum Gasteiger partial charge on any atom is 0.122 e. The van der Waals surface area contributed by atoms with Crippen LogP contribution in [-0.4, -0.2) is 37.1 Å². The Kier molecular flexibility index (Phi) is 1.82. The van der Waals surface area contributed by atoms with Crippen molar-refractivity contribution in [1.82, 2.24) is 10.2 Å². The second kappa shape index (κ2) is 2.72. The maximum atomic E-state index is 9.12. The lowest BCUT2D eigenvalue weighted by Gasteiger charge is -2.49. The van der Waals surface area contributed by atoms with E-state index in [1.165, 1.54) is 25.9 Å². The van der Waals surface area contributed by atoms with Gasteiger partial charge in [0, 0.05) is 6.54 Å². The summed E-state index contributed by atoms with van der Waals surface area (Å²) < 4.78 is 0. The molecule has 3 aliphatic rings. The first kappa shape index (κ1) is 8.03. The molecule has 3 heterocycles. The zero-order chi connectivity index (χ0) is 8.60. The second-order valence-electron chi connectivity index (χ2n) is 3.88. The highest BCUT2D eigenvalue weighted by atomic mass is 15.2. The van der Waals surface area contributed by atoms with Gasteiger partial charge in [0.15, 0.2) is 0 Å². The Morgan fingerprint density at radius 2 is 2.17 bits per heavy atom. The minimum absolute atomic E-state index is 0.240. The highest BCUT2D eigenvalue weighted by molar-refractivity contribution is 5.16. The van der Waals surface area contributed by atoms with Gasteiger partial charge in [-0.15, -0.1) is 0 Å². The normalized spacial score (nSPS) is 45.7. The average molecular weight is 165 g/mol. The van der Waals surface area contributed by atoms with Crippen molar-refractivity contribution >= 4 is 0 Å². The van der Waals surface area contributed by atoms with Crippen LogP contribution in [0.15, 0.2) is 0 Å². The number of piperidine rings is 3. The Labute approximate surface area is 73.3 Å². The van der Waals surface area contributed by atoms with Gasteiger partial charge in [-0.25, -0.2) is 0 Å². The van der Waals surface area contributed by atoms with E-state index in [-0.39, 0.29) is 5.54 Å². The summed E-state index contributed by atoms with van der Waals surface area (Å²) in [6, 6.07) is 2.45. The molecule has 0 amide bonds. The average Bonchev–Trinajstić information content (AvgIpc) is 2.19. The molecule has 0 aromatic carbocycles. The smallest absolute Gasteiger partial charge is 0.122 e. The van der Waals surface area contributed by atoms with Gasteiger partial charge in [-0.2, -0.15) is 5.26 Å². The van der Waals surface area contributed by atoms with Crippen molar-refractivity contribution in [2.45, 2.75) is 18.4 Å². The summed E-state index contributed by atoms with van der Waals surface area (Å²) in [5.74, 6) is 0.581. The van der Waals surface area contributed by atoms with Crippen LogP contribution in [0.5, 0.6) is 0 Å². The highest BCUT2D eigenvalue weighted by Gasteiger charge is 2.45. The summed E-state index contributed by atoms with van der Waals surface area (Å²) >= 11 is 0. The standard InChI is InChI=1S/C9H15N3/c1-11-9(6-10)7-12-4-2-8(9)3-5-12/h8,11H,2-5,7H2,1H3. The molecule has 3 nitrogen and oxygen atoms in total. The molecule has 2 bridgehead atoms. The molecule has 66 valence electrons. The molecular formula is C9H15N3. The van der Waals surface area contributed by atoms with E-state index in [9.17, 15) is 0 Å². The second-order valence-corrected chi connectivity index (χ2v) is 3.88. The molecule has 1 unspecified atom stereocenters. The van der Waals surface area contributed by atoms with Crippen LogP contribution in [0, 0.1) is 17.2 Å². The van der Waals surface area contributed by atoms with E-state index in [4.69, 9.17) is 5.26 Å². The van der Waals surface area contributed by atoms with Crippen LogP contribution >= 0.6 is 0 Å². The van der Waals surface area contributed by atoms with Crippen LogP contribution in [0.3, 0.4) is 0 Å². The number of nitrogens with zero attached hydrogens (tertiary/aromatic N) is 2. The Balaban J connectivity index is 2.22. The number of hydrogen-bond donors (Lipinski definition) is 1.